The van der Waals surface area contributed by atoms with Crippen molar-refractivity contribution in [1.29, 1.82) is 0 Å². The van der Waals surface area contributed by atoms with E-state index in [9.17, 15) is 13.2 Å². The van der Waals surface area contributed by atoms with Crippen LogP contribution in [0.25, 0.3) is 0 Å². The highest BCUT2D eigenvalue weighted by atomic mass is 19.4. The Morgan fingerprint density at radius 2 is 2.13 bits per heavy atom. The van der Waals surface area contributed by atoms with Gasteiger partial charge in [-0.1, -0.05) is 0 Å². The van der Waals surface area contributed by atoms with Crippen LogP contribution >= 0.6 is 0 Å². The number of nitrogen functional groups attached to an aromatic ring is 1. The second-order valence-electron chi connectivity index (χ2n) is 2.70. The summed E-state index contributed by atoms with van der Waals surface area (Å²) in [5.41, 5.74) is 2.54. The first-order valence-electron chi connectivity index (χ1n) is 3.92. The maximum absolute atomic E-state index is 11.8. The summed E-state index contributed by atoms with van der Waals surface area (Å²) in [6.45, 7) is 0.107. The molecule has 0 fully saturated rings. The van der Waals surface area contributed by atoms with Gasteiger partial charge in [0.05, 0.1) is 5.56 Å². The zero-order valence-electron chi connectivity index (χ0n) is 7.80. The van der Waals surface area contributed by atoms with Crippen LogP contribution in [-0.4, -0.2) is 22.8 Å². The normalized spacial score (nSPS) is 11.3. The zero-order valence-corrected chi connectivity index (χ0v) is 7.80. The minimum absolute atomic E-state index is 0.143. The molecule has 0 saturated heterocycles. The van der Waals surface area contributed by atoms with Crippen LogP contribution in [0.1, 0.15) is 5.56 Å². The van der Waals surface area contributed by atoms with Gasteiger partial charge in [0.15, 0.2) is 6.61 Å². The Hall–Kier alpha value is -1.57. The van der Waals surface area contributed by atoms with Gasteiger partial charge in [-0.05, 0) is 6.92 Å². The molecule has 1 rings (SSSR count). The van der Waals surface area contributed by atoms with Crippen molar-refractivity contribution in [3.05, 3.63) is 11.9 Å². The van der Waals surface area contributed by atoms with E-state index in [2.05, 4.69) is 20.1 Å². The van der Waals surface area contributed by atoms with Crippen LogP contribution in [-0.2, 0) is 0 Å². The van der Waals surface area contributed by atoms with Gasteiger partial charge in [-0.25, -0.2) is 15.8 Å². The summed E-state index contributed by atoms with van der Waals surface area (Å²) in [5.74, 6) is 5.16. The van der Waals surface area contributed by atoms with Crippen molar-refractivity contribution in [3.63, 3.8) is 0 Å². The van der Waals surface area contributed by atoms with Crippen LogP contribution in [0.5, 0.6) is 5.88 Å². The second-order valence-corrected chi connectivity index (χ2v) is 2.70. The van der Waals surface area contributed by atoms with E-state index in [1.807, 2.05) is 0 Å². The average molecular weight is 222 g/mol. The number of nitrogens with two attached hydrogens (primary N) is 1. The molecule has 0 aromatic carbocycles. The Morgan fingerprint density at radius 1 is 1.47 bits per heavy atom. The Labute approximate surface area is 83.4 Å². The summed E-state index contributed by atoms with van der Waals surface area (Å²) in [6.07, 6.45) is -3.33. The van der Waals surface area contributed by atoms with E-state index in [0.717, 1.165) is 6.33 Å². The lowest BCUT2D eigenvalue weighted by molar-refractivity contribution is -0.154. The lowest BCUT2D eigenvalue weighted by Crippen LogP contribution is -2.20. The number of ether oxygens (including phenoxy) is 1. The van der Waals surface area contributed by atoms with Crippen LogP contribution in [0, 0.1) is 6.92 Å². The van der Waals surface area contributed by atoms with Crippen molar-refractivity contribution >= 4 is 5.82 Å². The van der Waals surface area contributed by atoms with E-state index >= 15 is 0 Å². The molecule has 0 amide bonds. The van der Waals surface area contributed by atoms with E-state index in [4.69, 9.17) is 5.84 Å². The number of hydrazine groups is 1. The molecule has 0 bridgehead atoms. The Kier molecular flexibility index (Phi) is 3.30. The number of rotatable bonds is 3. The first kappa shape index (κ1) is 11.5. The van der Waals surface area contributed by atoms with Gasteiger partial charge in [0.2, 0.25) is 5.88 Å². The number of halogens is 3. The van der Waals surface area contributed by atoms with Crippen molar-refractivity contribution in [2.75, 3.05) is 12.0 Å². The van der Waals surface area contributed by atoms with Gasteiger partial charge in [-0.3, -0.25) is 0 Å². The van der Waals surface area contributed by atoms with Crippen molar-refractivity contribution in [2.24, 2.45) is 5.84 Å². The topological polar surface area (TPSA) is 73.1 Å². The molecule has 0 spiro atoms. The smallest absolute Gasteiger partial charge is 0.422 e. The summed E-state index contributed by atoms with van der Waals surface area (Å²) in [4.78, 5) is 7.25. The summed E-state index contributed by atoms with van der Waals surface area (Å²) < 4.78 is 40.0. The summed E-state index contributed by atoms with van der Waals surface area (Å²) in [5, 5.41) is 0. The van der Waals surface area contributed by atoms with Crippen LogP contribution in [0.15, 0.2) is 6.33 Å². The largest absolute Gasteiger partial charge is 0.468 e. The molecule has 1 aromatic rings. The van der Waals surface area contributed by atoms with Gasteiger partial charge >= 0.3 is 6.18 Å². The molecule has 0 saturated carbocycles. The van der Waals surface area contributed by atoms with E-state index in [-0.39, 0.29) is 11.7 Å². The lowest BCUT2D eigenvalue weighted by Gasteiger charge is -2.11. The molecular weight excluding hydrogens is 213 g/mol. The third kappa shape index (κ3) is 3.24. The molecule has 8 heteroatoms. The third-order valence-corrected chi connectivity index (χ3v) is 1.55. The Bertz CT molecular complexity index is 341. The molecule has 0 radical (unpaired) electrons. The Morgan fingerprint density at radius 3 is 2.67 bits per heavy atom. The molecule has 5 nitrogen and oxygen atoms in total. The number of nitrogens with one attached hydrogen (secondary N) is 1. The first-order valence-corrected chi connectivity index (χ1v) is 3.92. The molecule has 84 valence electrons. The number of nitrogens with zero attached hydrogens (tertiary/aromatic N) is 2. The highest BCUT2D eigenvalue weighted by Gasteiger charge is 2.29. The minimum Gasteiger partial charge on any atom is -0.468 e. The number of anilines is 1. The van der Waals surface area contributed by atoms with Gasteiger partial charge in [-0.15, -0.1) is 0 Å². The van der Waals surface area contributed by atoms with Crippen LogP contribution in [0.2, 0.25) is 0 Å². The SMILES string of the molecule is Cc1c(NN)ncnc1OCC(F)(F)F. The van der Waals surface area contributed by atoms with E-state index < -0.39 is 12.8 Å². The molecule has 3 N–H and O–H groups in total. The number of hydrogen-bond donors (Lipinski definition) is 2. The molecule has 0 atom stereocenters. The van der Waals surface area contributed by atoms with Gasteiger partial charge in [0.25, 0.3) is 0 Å². The molecule has 0 aliphatic rings. The second kappa shape index (κ2) is 4.30. The quantitative estimate of drug-likeness (QED) is 0.589. The van der Waals surface area contributed by atoms with E-state index in [0.29, 0.717) is 5.56 Å². The highest BCUT2D eigenvalue weighted by Crippen LogP contribution is 2.22. The summed E-state index contributed by atoms with van der Waals surface area (Å²) in [6, 6.07) is 0. The van der Waals surface area contributed by atoms with Gasteiger partial charge < -0.3 is 10.2 Å². The fourth-order valence-electron chi connectivity index (χ4n) is 0.875. The summed E-state index contributed by atoms with van der Waals surface area (Å²) in [7, 11) is 0. The fourth-order valence-corrected chi connectivity index (χ4v) is 0.875. The molecule has 1 aromatic heterocycles. The van der Waals surface area contributed by atoms with Crippen molar-refractivity contribution < 1.29 is 17.9 Å². The molecule has 0 aliphatic heterocycles. The maximum Gasteiger partial charge on any atom is 0.422 e. The average Bonchev–Trinajstić information content (AvgIpc) is 2.15. The van der Waals surface area contributed by atoms with Crippen molar-refractivity contribution in [1.82, 2.24) is 9.97 Å². The van der Waals surface area contributed by atoms with Crippen molar-refractivity contribution in [3.8, 4) is 5.88 Å². The van der Waals surface area contributed by atoms with Gasteiger partial charge in [-0.2, -0.15) is 13.2 Å². The predicted molar refractivity (Wildman–Crippen MR) is 46.1 cm³/mol. The molecule has 0 unspecified atom stereocenters. The third-order valence-electron chi connectivity index (χ3n) is 1.55. The van der Waals surface area contributed by atoms with Crippen LogP contribution < -0.4 is 16.0 Å². The van der Waals surface area contributed by atoms with Gasteiger partial charge in [0.1, 0.15) is 12.1 Å². The molecular formula is C7H9F3N4O. The molecule has 1 heterocycles. The van der Waals surface area contributed by atoms with Crippen LogP contribution in [0.3, 0.4) is 0 Å². The number of aromatic nitrogens is 2. The Balaban J connectivity index is 2.78. The van der Waals surface area contributed by atoms with E-state index in [1.54, 1.807) is 0 Å². The predicted octanol–water partition coefficient (Wildman–Crippen LogP) is 1.01. The maximum atomic E-state index is 11.8. The highest BCUT2D eigenvalue weighted by molar-refractivity contribution is 5.46. The fraction of sp³-hybridized carbons (Fsp3) is 0.429. The van der Waals surface area contributed by atoms with E-state index in [1.165, 1.54) is 6.92 Å². The number of hydrogen-bond acceptors (Lipinski definition) is 5. The molecule has 0 aliphatic carbocycles. The molecule has 15 heavy (non-hydrogen) atoms. The lowest BCUT2D eigenvalue weighted by atomic mass is 10.3. The number of alkyl halides is 3. The monoisotopic (exact) mass is 222 g/mol. The summed E-state index contributed by atoms with van der Waals surface area (Å²) >= 11 is 0. The van der Waals surface area contributed by atoms with Crippen LogP contribution in [0.4, 0.5) is 19.0 Å². The standard InChI is InChI=1S/C7H9F3N4O/c1-4-5(14-11)12-3-13-6(4)15-2-7(8,9)10/h3H,2,11H2,1H3,(H,12,13,14). The van der Waals surface area contributed by atoms with Crippen molar-refractivity contribution in [2.45, 2.75) is 13.1 Å². The van der Waals surface area contributed by atoms with Gasteiger partial charge in [0, 0.05) is 0 Å². The zero-order chi connectivity index (χ0) is 11.5. The minimum atomic E-state index is -4.40. The first-order chi connectivity index (χ1) is 6.94.